The van der Waals surface area contributed by atoms with E-state index < -0.39 is 11.7 Å². The Balaban J connectivity index is 1.11. The molecule has 3 aromatic carbocycles. The number of nitrogens with one attached hydrogen (secondary N) is 1. The van der Waals surface area contributed by atoms with Gasteiger partial charge in [0.2, 0.25) is 5.91 Å². The van der Waals surface area contributed by atoms with Gasteiger partial charge in [-0.05, 0) is 85.3 Å². The molecule has 1 fully saturated rings. The number of halogens is 3. The summed E-state index contributed by atoms with van der Waals surface area (Å²) in [5.74, 6) is 0.443. The zero-order valence-corrected chi connectivity index (χ0v) is 22.4. The summed E-state index contributed by atoms with van der Waals surface area (Å²) in [5.41, 5.74) is 3.47. The van der Waals surface area contributed by atoms with E-state index in [0.717, 1.165) is 62.2 Å². The first kappa shape index (κ1) is 27.7. The summed E-state index contributed by atoms with van der Waals surface area (Å²) in [6.45, 7) is 2.60. The van der Waals surface area contributed by atoms with Crippen molar-refractivity contribution in [3.8, 4) is 5.69 Å². The summed E-state index contributed by atoms with van der Waals surface area (Å²) in [5, 5.41) is 3.29. The molecule has 0 bridgehead atoms. The largest absolute Gasteiger partial charge is 0.416 e. The van der Waals surface area contributed by atoms with Crippen LogP contribution in [0, 0.1) is 5.92 Å². The van der Waals surface area contributed by atoms with Crippen LogP contribution >= 0.6 is 0 Å². The third-order valence-corrected chi connectivity index (χ3v) is 7.65. The average molecular weight is 546 g/mol. The van der Waals surface area contributed by atoms with Crippen molar-refractivity contribution in [2.75, 3.05) is 13.1 Å². The van der Waals surface area contributed by atoms with Crippen molar-refractivity contribution >= 4 is 5.91 Å². The van der Waals surface area contributed by atoms with Crippen LogP contribution in [-0.2, 0) is 23.9 Å². The van der Waals surface area contributed by atoms with Gasteiger partial charge in [-0.15, -0.1) is 0 Å². The fourth-order valence-corrected chi connectivity index (χ4v) is 5.43. The molecule has 4 nitrogen and oxygen atoms in total. The smallest absolute Gasteiger partial charge is 0.349 e. The standard InChI is InChI=1S/C33H34F3N3O/c34-33(35,36)29-11-13-30(14-12-29)39-20-17-27(24-39)23-38-18-15-26(16-19-38)22-32(40)37-31(28-9-5-2-6-10-28)21-25-7-3-1-4-8-25/h1-14,17,20,24,26,31H,15-16,18-19,21-23H2,(H,37,40). The number of benzene rings is 3. The molecule has 1 aromatic heterocycles. The van der Waals surface area contributed by atoms with Crippen molar-refractivity contribution in [1.29, 1.82) is 0 Å². The minimum Gasteiger partial charge on any atom is -0.349 e. The molecule has 1 aliphatic rings. The Bertz CT molecular complexity index is 1360. The molecule has 1 amide bonds. The Hall–Kier alpha value is -3.84. The second-order valence-electron chi connectivity index (χ2n) is 10.6. The molecule has 1 unspecified atom stereocenters. The maximum Gasteiger partial charge on any atom is 0.416 e. The number of carbonyl (C=O) groups is 1. The van der Waals surface area contributed by atoms with Gasteiger partial charge in [0.15, 0.2) is 0 Å². The van der Waals surface area contributed by atoms with Crippen molar-refractivity contribution in [3.05, 3.63) is 126 Å². The SMILES string of the molecule is O=C(CC1CCN(Cc2ccn(-c3ccc(C(F)(F)F)cc3)c2)CC1)NC(Cc1ccccc1)c1ccccc1. The minimum atomic E-state index is -4.33. The van der Waals surface area contributed by atoms with Crippen LogP contribution in [0.4, 0.5) is 13.2 Å². The lowest BCUT2D eigenvalue weighted by molar-refractivity contribution is -0.137. The first-order chi connectivity index (χ1) is 19.3. The van der Waals surface area contributed by atoms with Gasteiger partial charge in [0.05, 0.1) is 11.6 Å². The van der Waals surface area contributed by atoms with Crippen molar-refractivity contribution in [3.63, 3.8) is 0 Å². The van der Waals surface area contributed by atoms with Gasteiger partial charge in [0.1, 0.15) is 0 Å². The number of likely N-dealkylation sites (tertiary alicyclic amines) is 1. The van der Waals surface area contributed by atoms with E-state index in [4.69, 9.17) is 0 Å². The third kappa shape index (κ3) is 7.42. The summed E-state index contributed by atoms with van der Waals surface area (Å²) in [4.78, 5) is 15.5. The number of amides is 1. The third-order valence-electron chi connectivity index (χ3n) is 7.65. The molecule has 0 aliphatic carbocycles. The number of hydrogen-bond donors (Lipinski definition) is 1. The second kappa shape index (κ2) is 12.6. The number of rotatable bonds is 9. The molecule has 0 radical (unpaired) electrons. The number of alkyl halides is 3. The lowest BCUT2D eigenvalue weighted by atomic mass is 9.92. The normalized spacial score (nSPS) is 15.6. The van der Waals surface area contributed by atoms with Crippen molar-refractivity contribution in [2.24, 2.45) is 5.92 Å². The number of aromatic nitrogens is 1. The highest BCUT2D eigenvalue weighted by Crippen LogP contribution is 2.30. The summed E-state index contributed by atoms with van der Waals surface area (Å²) >= 11 is 0. The van der Waals surface area contributed by atoms with Crippen molar-refractivity contribution in [1.82, 2.24) is 14.8 Å². The Morgan fingerprint density at radius 3 is 2.15 bits per heavy atom. The monoisotopic (exact) mass is 545 g/mol. The molecule has 0 saturated carbocycles. The molecule has 1 saturated heterocycles. The molecule has 1 N–H and O–H groups in total. The van der Waals surface area contributed by atoms with Crippen LogP contribution in [0.1, 0.15) is 47.6 Å². The Morgan fingerprint density at radius 1 is 0.850 bits per heavy atom. The van der Waals surface area contributed by atoms with Gasteiger partial charge in [0.25, 0.3) is 0 Å². The fourth-order valence-electron chi connectivity index (χ4n) is 5.43. The van der Waals surface area contributed by atoms with Crippen molar-refractivity contribution in [2.45, 2.75) is 44.4 Å². The number of nitrogens with zero attached hydrogens (tertiary/aromatic N) is 2. The molecule has 40 heavy (non-hydrogen) atoms. The molecule has 2 heterocycles. The van der Waals surface area contributed by atoms with E-state index in [1.807, 2.05) is 59.4 Å². The maximum atomic E-state index is 13.1. The minimum absolute atomic E-state index is 0.0649. The number of piperidine rings is 1. The quantitative estimate of drug-likeness (QED) is 0.242. The topological polar surface area (TPSA) is 37.3 Å². The Morgan fingerprint density at radius 2 is 1.50 bits per heavy atom. The number of carbonyl (C=O) groups excluding carboxylic acids is 1. The van der Waals surface area contributed by atoms with E-state index in [0.29, 0.717) is 18.0 Å². The zero-order chi connectivity index (χ0) is 28.0. The van der Waals surface area contributed by atoms with E-state index in [9.17, 15) is 18.0 Å². The molecule has 0 spiro atoms. The van der Waals surface area contributed by atoms with Crippen LogP contribution in [0.5, 0.6) is 0 Å². The predicted octanol–water partition coefficient (Wildman–Crippen LogP) is 7.20. The van der Waals surface area contributed by atoms with E-state index in [1.54, 1.807) is 0 Å². The highest BCUT2D eigenvalue weighted by atomic mass is 19.4. The molecular formula is C33H34F3N3O. The van der Waals surface area contributed by atoms with Gasteiger partial charge in [-0.2, -0.15) is 13.2 Å². The molecule has 1 atom stereocenters. The lowest BCUT2D eigenvalue weighted by Crippen LogP contribution is -2.36. The van der Waals surface area contributed by atoms with E-state index >= 15 is 0 Å². The molecule has 1 aliphatic heterocycles. The highest BCUT2D eigenvalue weighted by molar-refractivity contribution is 5.76. The van der Waals surface area contributed by atoms with E-state index in [-0.39, 0.29) is 11.9 Å². The summed E-state index contributed by atoms with van der Waals surface area (Å²) in [7, 11) is 0. The molecule has 5 rings (SSSR count). The predicted molar refractivity (Wildman–Crippen MR) is 151 cm³/mol. The van der Waals surface area contributed by atoms with Crippen LogP contribution in [0.3, 0.4) is 0 Å². The fraction of sp³-hybridized carbons (Fsp3) is 0.303. The van der Waals surface area contributed by atoms with Crippen LogP contribution in [0.2, 0.25) is 0 Å². The zero-order valence-electron chi connectivity index (χ0n) is 22.4. The van der Waals surface area contributed by atoms with Gasteiger partial charge in [-0.1, -0.05) is 60.7 Å². The van der Waals surface area contributed by atoms with Crippen LogP contribution < -0.4 is 5.32 Å². The summed E-state index contributed by atoms with van der Waals surface area (Å²) in [6.07, 6.45) is 2.71. The van der Waals surface area contributed by atoms with Crippen LogP contribution in [-0.4, -0.2) is 28.5 Å². The first-order valence-corrected chi connectivity index (χ1v) is 13.8. The van der Waals surface area contributed by atoms with Crippen LogP contribution in [0.15, 0.2) is 103 Å². The molecule has 4 aromatic rings. The highest BCUT2D eigenvalue weighted by Gasteiger charge is 2.30. The van der Waals surface area contributed by atoms with Gasteiger partial charge >= 0.3 is 6.18 Å². The number of hydrogen-bond acceptors (Lipinski definition) is 2. The van der Waals surface area contributed by atoms with Crippen LogP contribution in [0.25, 0.3) is 5.69 Å². The first-order valence-electron chi connectivity index (χ1n) is 13.8. The second-order valence-corrected chi connectivity index (χ2v) is 10.6. The Kier molecular flexibility index (Phi) is 8.70. The lowest BCUT2D eigenvalue weighted by Gasteiger charge is -2.31. The van der Waals surface area contributed by atoms with E-state index in [1.165, 1.54) is 17.7 Å². The van der Waals surface area contributed by atoms with Crippen molar-refractivity contribution < 1.29 is 18.0 Å². The van der Waals surface area contributed by atoms with Gasteiger partial charge in [-0.3, -0.25) is 9.69 Å². The molecular weight excluding hydrogens is 511 g/mol. The van der Waals surface area contributed by atoms with Gasteiger partial charge < -0.3 is 9.88 Å². The van der Waals surface area contributed by atoms with Gasteiger partial charge in [0, 0.05) is 31.0 Å². The summed E-state index contributed by atoms with van der Waals surface area (Å²) in [6, 6.07) is 27.5. The Labute approximate surface area is 233 Å². The maximum absolute atomic E-state index is 13.1. The molecule has 208 valence electrons. The summed E-state index contributed by atoms with van der Waals surface area (Å²) < 4.78 is 40.4. The molecule has 7 heteroatoms. The van der Waals surface area contributed by atoms with E-state index in [2.05, 4.69) is 34.5 Å². The average Bonchev–Trinajstić information content (AvgIpc) is 3.43. The van der Waals surface area contributed by atoms with Gasteiger partial charge in [-0.25, -0.2) is 0 Å².